The van der Waals surface area contributed by atoms with Crippen LogP contribution in [-0.2, 0) is 6.54 Å². The molecule has 0 aliphatic carbocycles. The highest BCUT2D eigenvalue weighted by Gasteiger charge is 2.07. The molecule has 0 spiro atoms. The molecule has 0 aromatic carbocycles. The minimum atomic E-state index is -0.466. The fraction of sp³-hybridized carbons (Fsp3) is 0.375. The fourth-order valence-corrected chi connectivity index (χ4v) is 2.11. The molecule has 2 aromatic rings. The van der Waals surface area contributed by atoms with E-state index in [2.05, 4.69) is 27.2 Å². The number of nitrogens with one attached hydrogen (secondary N) is 1. The number of aliphatic hydroxyl groups excluding tert-OH is 1. The van der Waals surface area contributed by atoms with Crippen molar-refractivity contribution >= 4 is 17.3 Å². The van der Waals surface area contributed by atoms with Gasteiger partial charge in [0.05, 0.1) is 29.6 Å². The van der Waals surface area contributed by atoms with Crippen LogP contribution >= 0.6 is 11.6 Å². The molecule has 2 N–H and O–H groups in total. The van der Waals surface area contributed by atoms with Gasteiger partial charge in [-0.1, -0.05) is 23.4 Å². The van der Waals surface area contributed by atoms with E-state index in [-0.39, 0.29) is 19.2 Å². The molecule has 2 rings (SSSR count). The number of pyridine rings is 1. The van der Waals surface area contributed by atoms with Crippen LogP contribution in [0.25, 0.3) is 0 Å². The van der Waals surface area contributed by atoms with E-state index in [1.807, 2.05) is 6.92 Å². The zero-order chi connectivity index (χ0) is 16.7. The lowest BCUT2D eigenvalue weighted by Gasteiger charge is -2.15. The van der Waals surface area contributed by atoms with Crippen LogP contribution in [0.3, 0.4) is 0 Å². The summed E-state index contributed by atoms with van der Waals surface area (Å²) in [5, 5.41) is 16.6. The summed E-state index contributed by atoms with van der Waals surface area (Å²) in [6, 6.07) is 1.78. The summed E-state index contributed by atoms with van der Waals surface area (Å²) in [7, 11) is 0. The van der Waals surface area contributed by atoms with Crippen molar-refractivity contribution in [3.05, 3.63) is 40.9 Å². The van der Waals surface area contributed by atoms with Crippen LogP contribution in [-0.4, -0.2) is 39.2 Å². The van der Waals surface area contributed by atoms with E-state index in [0.29, 0.717) is 22.7 Å². The molecule has 23 heavy (non-hydrogen) atoms. The van der Waals surface area contributed by atoms with Gasteiger partial charge in [0.15, 0.2) is 0 Å². The molecule has 0 radical (unpaired) electrons. The number of hydrogen-bond acceptors (Lipinski definition) is 4. The topological polar surface area (TPSA) is 63.0 Å². The Hall–Kier alpha value is -2.10. The van der Waals surface area contributed by atoms with E-state index < -0.39 is 6.67 Å². The fourth-order valence-electron chi connectivity index (χ4n) is 1.96. The first kappa shape index (κ1) is 17.3. The van der Waals surface area contributed by atoms with Crippen molar-refractivity contribution in [1.82, 2.24) is 14.8 Å². The Balaban J connectivity index is 2.20. The number of alkyl halides is 1. The second-order valence-corrected chi connectivity index (χ2v) is 5.43. The number of aliphatic hydroxyl groups is 1. The maximum atomic E-state index is 12.3. The molecule has 0 saturated carbocycles. The van der Waals surface area contributed by atoms with Gasteiger partial charge in [-0.05, 0) is 19.4 Å². The molecule has 0 unspecified atom stereocenters. The highest BCUT2D eigenvalue weighted by Crippen LogP contribution is 2.19. The summed E-state index contributed by atoms with van der Waals surface area (Å²) in [5.41, 5.74) is 2.15. The molecular weight excluding hydrogens is 319 g/mol. The molecule has 2 aromatic heterocycles. The average molecular weight is 337 g/mol. The van der Waals surface area contributed by atoms with Crippen LogP contribution in [0, 0.1) is 11.8 Å². The van der Waals surface area contributed by atoms with Crippen molar-refractivity contribution in [2.45, 2.75) is 25.9 Å². The van der Waals surface area contributed by atoms with Gasteiger partial charge in [0, 0.05) is 25.0 Å². The molecule has 0 amide bonds. The van der Waals surface area contributed by atoms with Gasteiger partial charge >= 0.3 is 0 Å². The number of anilines is 1. The first-order valence-corrected chi connectivity index (χ1v) is 7.63. The molecular formula is C16H18ClFN4O. The lowest BCUT2D eigenvalue weighted by Crippen LogP contribution is -2.17. The van der Waals surface area contributed by atoms with Gasteiger partial charge in [0.25, 0.3) is 0 Å². The van der Waals surface area contributed by atoms with Gasteiger partial charge in [-0.15, -0.1) is 0 Å². The Labute approximate surface area is 139 Å². The van der Waals surface area contributed by atoms with Gasteiger partial charge < -0.3 is 10.4 Å². The second kappa shape index (κ2) is 8.51. The molecule has 122 valence electrons. The first-order valence-electron chi connectivity index (χ1n) is 7.25. The molecule has 0 fully saturated rings. The molecule has 0 aliphatic heterocycles. The molecule has 2 heterocycles. The van der Waals surface area contributed by atoms with E-state index in [1.54, 1.807) is 24.7 Å². The quantitative estimate of drug-likeness (QED) is 0.628. The predicted octanol–water partition coefficient (Wildman–Crippen LogP) is 2.48. The van der Waals surface area contributed by atoms with Crippen molar-refractivity contribution in [1.29, 1.82) is 0 Å². The Kier molecular flexibility index (Phi) is 6.39. The minimum absolute atomic E-state index is 0.0753. The summed E-state index contributed by atoms with van der Waals surface area (Å²) in [6.45, 7) is 1.81. The Bertz CT molecular complexity index is 708. The largest absolute Gasteiger partial charge is 0.396 e. The lowest BCUT2D eigenvalue weighted by molar-refractivity contribution is 0.282. The van der Waals surface area contributed by atoms with Crippen LogP contribution in [0.5, 0.6) is 0 Å². The van der Waals surface area contributed by atoms with Crippen molar-refractivity contribution in [2.24, 2.45) is 0 Å². The standard InChI is InChI=1S/C16H18ClFN4O/c1-12(4-7-23)21-15-8-16(17)19-10-14(15)3-2-13-9-20-22(11-13)6-5-18/h8-12,23H,4-7H2,1H3,(H,19,21)/t12-/m1/s1. The summed E-state index contributed by atoms with van der Waals surface area (Å²) < 4.78 is 13.8. The highest BCUT2D eigenvalue weighted by atomic mass is 35.5. The minimum Gasteiger partial charge on any atom is -0.396 e. The molecule has 5 nitrogen and oxygen atoms in total. The Morgan fingerprint density at radius 3 is 3.00 bits per heavy atom. The van der Waals surface area contributed by atoms with Crippen molar-refractivity contribution in [2.75, 3.05) is 18.6 Å². The normalized spacial score (nSPS) is 11.7. The Morgan fingerprint density at radius 1 is 1.43 bits per heavy atom. The number of aryl methyl sites for hydroxylation is 1. The molecule has 0 saturated heterocycles. The van der Waals surface area contributed by atoms with Crippen LogP contribution in [0.1, 0.15) is 24.5 Å². The van der Waals surface area contributed by atoms with Gasteiger partial charge in [-0.25, -0.2) is 9.37 Å². The maximum Gasteiger partial charge on any atom is 0.131 e. The lowest BCUT2D eigenvalue weighted by atomic mass is 10.2. The zero-order valence-electron chi connectivity index (χ0n) is 12.8. The van der Waals surface area contributed by atoms with Crippen LogP contribution in [0.2, 0.25) is 5.15 Å². The monoisotopic (exact) mass is 336 g/mol. The first-order chi connectivity index (χ1) is 11.1. The second-order valence-electron chi connectivity index (χ2n) is 5.04. The third-order valence-corrected chi connectivity index (χ3v) is 3.33. The molecule has 0 bridgehead atoms. The van der Waals surface area contributed by atoms with E-state index in [9.17, 15) is 4.39 Å². The van der Waals surface area contributed by atoms with E-state index >= 15 is 0 Å². The van der Waals surface area contributed by atoms with Crippen molar-refractivity contribution in [3.63, 3.8) is 0 Å². The van der Waals surface area contributed by atoms with E-state index in [0.717, 1.165) is 5.69 Å². The van der Waals surface area contributed by atoms with Crippen LogP contribution < -0.4 is 5.32 Å². The highest BCUT2D eigenvalue weighted by molar-refractivity contribution is 6.29. The van der Waals surface area contributed by atoms with Gasteiger partial charge in [-0.3, -0.25) is 4.68 Å². The molecule has 7 heteroatoms. The van der Waals surface area contributed by atoms with Crippen LogP contribution in [0.4, 0.5) is 10.1 Å². The molecule has 1 atom stereocenters. The van der Waals surface area contributed by atoms with Crippen molar-refractivity contribution in [3.8, 4) is 11.8 Å². The van der Waals surface area contributed by atoms with E-state index in [4.69, 9.17) is 16.7 Å². The Morgan fingerprint density at radius 2 is 2.26 bits per heavy atom. The maximum absolute atomic E-state index is 12.3. The number of nitrogens with zero attached hydrogens (tertiary/aromatic N) is 3. The third kappa shape index (κ3) is 5.23. The van der Waals surface area contributed by atoms with Gasteiger partial charge in [-0.2, -0.15) is 5.10 Å². The predicted molar refractivity (Wildman–Crippen MR) is 88.2 cm³/mol. The third-order valence-electron chi connectivity index (χ3n) is 3.12. The summed E-state index contributed by atoms with van der Waals surface area (Å²) in [4.78, 5) is 4.04. The smallest absolute Gasteiger partial charge is 0.131 e. The van der Waals surface area contributed by atoms with Gasteiger partial charge in [0.1, 0.15) is 11.8 Å². The average Bonchev–Trinajstić information content (AvgIpc) is 2.95. The summed E-state index contributed by atoms with van der Waals surface area (Å²) in [5.74, 6) is 5.99. The zero-order valence-corrected chi connectivity index (χ0v) is 13.5. The summed E-state index contributed by atoms with van der Waals surface area (Å²) >= 11 is 5.94. The number of hydrogen-bond donors (Lipinski definition) is 2. The van der Waals surface area contributed by atoms with Gasteiger partial charge in [0.2, 0.25) is 0 Å². The SMILES string of the molecule is C[C@H](CCO)Nc1cc(Cl)ncc1C#Cc1cnn(CCF)c1. The number of rotatable bonds is 6. The number of halogens is 2. The number of aromatic nitrogens is 3. The van der Waals surface area contributed by atoms with Crippen LogP contribution in [0.15, 0.2) is 24.7 Å². The summed E-state index contributed by atoms with van der Waals surface area (Å²) in [6.07, 6.45) is 5.49. The van der Waals surface area contributed by atoms with E-state index in [1.165, 1.54) is 4.68 Å². The molecule has 0 aliphatic rings. The van der Waals surface area contributed by atoms with Crippen molar-refractivity contribution < 1.29 is 9.50 Å².